The molecule has 10 heteroatoms. The molecule has 1 aromatic carbocycles. The maximum Gasteiger partial charge on any atom is 0.407 e. The van der Waals surface area contributed by atoms with Crippen LogP contribution in [0.4, 0.5) is 9.93 Å². The summed E-state index contributed by atoms with van der Waals surface area (Å²) >= 11 is 1.48. The fourth-order valence-electron chi connectivity index (χ4n) is 2.93. The average Bonchev–Trinajstić information content (AvgIpc) is 3.18. The molecule has 176 valence electrons. The molecule has 0 aliphatic carbocycles. The highest BCUT2D eigenvalue weighted by molar-refractivity contribution is 7.84. The van der Waals surface area contributed by atoms with Crippen LogP contribution in [0, 0.1) is 0 Å². The number of alkyl carbamates (subject to hydrolysis) is 1. The lowest BCUT2D eigenvalue weighted by atomic mass is 10.0. The number of ether oxygens (including phenoxy) is 1. The Hall–Kier alpha value is -2.85. The van der Waals surface area contributed by atoms with Gasteiger partial charge in [0.1, 0.15) is 5.60 Å². The highest BCUT2D eigenvalue weighted by Crippen LogP contribution is 2.32. The van der Waals surface area contributed by atoms with Gasteiger partial charge in [-0.05, 0) is 46.2 Å². The quantitative estimate of drug-likeness (QED) is 0.459. The Labute approximate surface area is 200 Å². The summed E-state index contributed by atoms with van der Waals surface area (Å²) in [6, 6.07) is 9.73. The zero-order valence-corrected chi connectivity index (χ0v) is 21.3. The monoisotopic (exact) mass is 487 g/mol. The lowest BCUT2D eigenvalue weighted by Gasteiger charge is -2.20. The number of thiazole rings is 1. The minimum absolute atomic E-state index is 0.240. The third kappa shape index (κ3) is 7.06. The van der Waals surface area contributed by atoms with Crippen LogP contribution in [0.2, 0.25) is 0 Å². The number of anilines is 1. The Morgan fingerprint density at radius 2 is 1.88 bits per heavy atom. The average molecular weight is 488 g/mol. The molecule has 0 spiro atoms. The van der Waals surface area contributed by atoms with Crippen LogP contribution in [-0.4, -0.2) is 43.2 Å². The van der Waals surface area contributed by atoms with Crippen LogP contribution in [0.15, 0.2) is 41.7 Å². The van der Waals surface area contributed by atoms with Crippen LogP contribution in [-0.2, 0) is 22.1 Å². The molecule has 0 saturated carbocycles. The summed E-state index contributed by atoms with van der Waals surface area (Å²) in [5, 5.41) is 7.11. The van der Waals surface area contributed by atoms with Gasteiger partial charge >= 0.3 is 6.09 Å². The molecular weight excluding hydrogens is 458 g/mol. The second kappa shape index (κ2) is 10.4. The third-order valence-electron chi connectivity index (χ3n) is 4.25. The molecule has 3 rings (SSSR count). The first-order valence-electron chi connectivity index (χ1n) is 10.5. The zero-order chi connectivity index (χ0) is 24.2. The molecular formula is C23H29N5O3S2. The number of carbonyl (C=O) groups is 1. The van der Waals surface area contributed by atoms with Crippen LogP contribution in [0.1, 0.15) is 40.2 Å². The van der Waals surface area contributed by atoms with Crippen molar-refractivity contribution in [1.29, 1.82) is 0 Å². The molecule has 0 aliphatic heterocycles. The van der Waals surface area contributed by atoms with Crippen LogP contribution in [0.3, 0.4) is 0 Å². The van der Waals surface area contributed by atoms with Crippen LogP contribution >= 0.6 is 11.3 Å². The Morgan fingerprint density at radius 1 is 1.18 bits per heavy atom. The maximum atomic E-state index is 12.3. The van der Waals surface area contributed by atoms with E-state index in [-0.39, 0.29) is 17.7 Å². The lowest BCUT2D eigenvalue weighted by Crippen LogP contribution is -2.32. The van der Waals surface area contributed by atoms with E-state index in [1.54, 1.807) is 12.5 Å². The molecule has 33 heavy (non-hydrogen) atoms. The number of nitrogens with zero attached hydrogens (tertiary/aromatic N) is 3. The fraction of sp³-hybridized carbons (Fsp3) is 0.391. The molecule has 2 N–H and O–H groups in total. The van der Waals surface area contributed by atoms with Crippen molar-refractivity contribution in [3.63, 3.8) is 0 Å². The molecule has 8 nitrogen and oxygen atoms in total. The largest absolute Gasteiger partial charge is 0.444 e. The first-order valence-corrected chi connectivity index (χ1v) is 12.9. The minimum atomic E-state index is -1.37. The Kier molecular flexibility index (Phi) is 7.80. The van der Waals surface area contributed by atoms with Gasteiger partial charge < -0.3 is 15.4 Å². The number of carbonyl (C=O) groups excluding carboxylic acids is 1. The van der Waals surface area contributed by atoms with Crippen molar-refractivity contribution >= 4 is 33.4 Å². The van der Waals surface area contributed by atoms with Gasteiger partial charge in [0.05, 0.1) is 27.1 Å². The Morgan fingerprint density at radius 3 is 2.55 bits per heavy atom. The molecule has 2 heterocycles. The molecule has 1 amide bonds. The van der Waals surface area contributed by atoms with E-state index in [9.17, 15) is 9.00 Å². The predicted octanol–water partition coefficient (Wildman–Crippen LogP) is 4.85. The summed E-state index contributed by atoms with van der Waals surface area (Å²) in [6.45, 7) is 9.80. The van der Waals surface area contributed by atoms with Gasteiger partial charge in [0.25, 0.3) is 0 Å². The first kappa shape index (κ1) is 24.8. The van der Waals surface area contributed by atoms with E-state index in [0.717, 1.165) is 21.1 Å². The number of hydrogen-bond acceptors (Lipinski definition) is 8. The molecule has 0 radical (unpaired) electrons. The number of hydrogen-bond donors (Lipinski definition) is 2. The molecule has 1 atom stereocenters. The van der Waals surface area contributed by atoms with Gasteiger partial charge in [-0.3, -0.25) is 4.21 Å². The summed E-state index contributed by atoms with van der Waals surface area (Å²) in [5.74, 6) is 0. The Bertz CT molecular complexity index is 1150. The summed E-state index contributed by atoms with van der Waals surface area (Å²) in [4.78, 5) is 26.4. The maximum absolute atomic E-state index is 12.3. The summed E-state index contributed by atoms with van der Waals surface area (Å²) < 4.78 is 17.6. The standard InChI is InChI=1S/C23H29N5O3S2/c1-14(2)26-20-24-13-19(32-20)18-11-17(27-21(28-18)33(6)30)16-10-8-7-9-15(16)12-25-22(29)31-23(3,4)5/h7-11,13-14H,12H2,1-6H3,(H,24,26)(H,25,29). The number of aromatic nitrogens is 3. The van der Waals surface area contributed by atoms with Crippen molar-refractivity contribution in [2.45, 2.75) is 58.0 Å². The molecule has 0 bridgehead atoms. The van der Waals surface area contributed by atoms with Crippen LogP contribution < -0.4 is 10.6 Å². The fourth-order valence-corrected chi connectivity index (χ4v) is 4.31. The van der Waals surface area contributed by atoms with Gasteiger partial charge in [0, 0.05) is 30.6 Å². The topological polar surface area (TPSA) is 106 Å². The highest BCUT2D eigenvalue weighted by Gasteiger charge is 2.18. The van der Waals surface area contributed by atoms with Crippen molar-refractivity contribution in [3.8, 4) is 21.8 Å². The third-order valence-corrected chi connectivity index (χ3v) is 5.90. The number of amides is 1. The van der Waals surface area contributed by atoms with Crippen molar-refractivity contribution in [2.24, 2.45) is 0 Å². The van der Waals surface area contributed by atoms with Gasteiger partial charge in [0.15, 0.2) is 5.13 Å². The minimum Gasteiger partial charge on any atom is -0.444 e. The van der Waals surface area contributed by atoms with Crippen molar-refractivity contribution < 1.29 is 13.7 Å². The zero-order valence-electron chi connectivity index (χ0n) is 19.6. The predicted molar refractivity (Wildman–Crippen MR) is 133 cm³/mol. The highest BCUT2D eigenvalue weighted by atomic mass is 32.2. The summed E-state index contributed by atoms with van der Waals surface area (Å²) in [6.07, 6.45) is 2.81. The lowest BCUT2D eigenvalue weighted by molar-refractivity contribution is 0.0523. The smallest absolute Gasteiger partial charge is 0.407 e. The number of benzene rings is 1. The second-order valence-electron chi connectivity index (χ2n) is 8.72. The summed E-state index contributed by atoms with van der Waals surface area (Å²) in [7, 11) is -1.37. The van der Waals surface area contributed by atoms with E-state index in [4.69, 9.17) is 4.74 Å². The van der Waals surface area contributed by atoms with E-state index in [1.165, 1.54) is 11.3 Å². The first-order chi connectivity index (χ1) is 15.5. The Balaban J connectivity index is 1.95. The van der Waals surface area contributed by atoms with E-state index in [1.807, 2.05) is 65.0 Å². The number of nitrogens with one attached hydrogen (secondary N) is 2. The van der Waals surface area contributed by atoms with Crippen molar-refractivity contribution in [3.05, 3.63) is 42.1 Å². The molecule has 0 aliphatic rings. The van der Waals surface area contributed by atoms with Gasteiger partial charge in [0.2, 0.25) is 5.16 Å². The SMILES string of the molecule is CC(C)Nc1ncc(-c2cc(-c3ccccc3CNC(=O)OC(C)(C)C)nc(S(C)=O)n2)s1. The molecule has 3 aromatic rings. The van der Waals surface area contributed by atoms with Crippen molar-refractivity contribution in [1.82, 2.24) is 20.3 Å². The van der Waals surface area contributed by atoms with Crippen LogP contribution in [0.5, 0.6) is 0 Å². The van der Waals surface area contributed by atoms with Crippen LogP contribution in [0.25, 0.3) is 21.8 Å². The molecule has 2 aromatic heterocycles. The van der Waals surface area contributed by atoms with Gasteiger partial charge in [-0.25, -0.2) is 19.7 Å². The number of rotatable bonds is 7. The van der Waals surface area contributed by atoms with Gasteiger partial charge in [-0.2, -0.15) is 0 Å². The van der Waals surface area contributed by atoms with E-state index in [2.05, 4.69) is 25.6 Å². The van der Waals surface area contributed by atoms with Crippen molar-refractivity contribution in [2.75, 3.05) is 11.6 Å². The second-order valence-corrected chi connectivity index (χ2v) is 11.0. The molecule has 0 saturated heterocycles. The molecule has 0 fully saturated rings. The molecule has 1 unspecified atom stereocenters. The van der Waals surface area contributed by atoms with Gasteiger partial charge in [-0.1, -0.05) is 35.6 Å². The summed E-state index contributed by atoms with van der Waals surface area (Å²) in [5.41, 5.74) is 2.36. The van der Waals surface area contributed by atoms with Gasteiger partial charge in [-0.15, -0.1) is 0 Å². The van der Waals surface area contributed by atoms with E-state index in [0.29, 0.717) is 11.4 Å². The van der Waals surface area contributed by atoms with E-state index < -0.39 is 22.5 Å². The van der Waals surface area contributed by atoms with E-state index >= 15 is 0 Å². The normalized spacial score (nSPS) is 12.5.